The number of hydrogen-bond acceptors (Lipinski definition) is 6. The van der Waals surface area contributed by atoms with Crippen LogP contribution in [-0.4, -0.2) is 51.6 Å². The normalized spacial score (nSPS) is 16.2. The molecule has 118 valence electrons. The van der Waals surface area contributed by atoms with E-state index in [0.29, 0.717) is 30.8 Å². The zero-order valence-electron chi connectivity index (χ0n) is 12.8. The summed E-state index contributed by atoms with van der Waals surface area (Å²) >= 11 is 1.36. The molecular weight excluding hydrogens is 304 g/mol. The van der Waals surface area contributed by atoms with Crippen molar-refractivity contribution in [2.75, 3.05) is 20.2 Å². The van der Waals surface area contributed by atoms with Crippen LogP contribution in [0.4, 0.5) is 0 Å². The Kier molecular flexibility index (Phi) is 3.86. The summed E-state index contributed by atoms with van der Waals surface area (Å²) in [6, 6.07) is 0. The Balaban J connectivity index is 1.77. The van der Waals surface area contributed by atoms with Crippen molar-refractivity contribution in [3.8, 4) is 0 Å². The Labute approximate surface area is 131 Å². The number of ether oxygens (including phenoxy) is 1. The maximum Gasteiger partial charge on any atom is 0.308 e. The first kappa shape index (κ1) is 15.0. The van der Waals surface area contributed by atoms with Gasteiger partial charge in [-0.2, -0.15) is 0 Å². The predicted molar refractivity (Wildman–Crippen MR) is 81.0 cm³/mol. The third-order valence-electron chi connectivity index (χ3n) is 4.16. The van der Waals surface area contributed by atoms with Crippen LogP contribution >= 0.6 is 11.3 Å². The predicted octanol–water partition coefficient (Wildman–Crippen LogP) is 1.43. The summed E-state index contributed by atoms with van der Waals surface area (Å²) in [4.78, 5) is 27.5. The number of methoxy groups -OCH3 is 1. The van der Waals surface area contributed by atoms with E-state index in [1.807, 2.05) is 18.2 Å². The van der Waals surface area contributed by atoms with E-state index in [9.17, 15) is 9.59 Å². The van der Waals surface area contributed by atoms with Gasteiger partial charge in [0.05, 0.1) is 13.0 Å². The minimum absolute atomic E-state index is 0.00992. The van der Waals surface area contributed by atoms with E-state index in [1.54, 1.807) is 4.90 Å². The number of piperidine rings is 1. The second-order valence-corrected chi connectivity index (χ2v) is 6.45. The van der Waals surface area contributed by atoms with Crippen LogP contribution in [0.25, 0.3) is 4.96 Å². The molecule has 0 N–H and O–H groups in total. The Bertz CT molecular complexity index is 728. The number of esters is 1. The molecule has 0 radical (unpaired) electrons. The molecule has 0 aliphatic carbocycles. The standard InChI is InChI=1S/C14H18N4O3S/c1-8-11(22-14-16-15-9(2)18(8)14)12(19)17-6-4-10(5-7-17)13(20)21-3/h10H,4-7H2,1-3H3. The van der Waals surface area contributed by atoms with E-state index in [2.05, 4.69) is 10.2 Å². The molecule has 1 aliphatic rings. The lowest BCUT2D eigenvalue weighted by molar-refractivity contribution is -0.146. The summed E-state index contributed by atoms with van der Waals surface area (Å²) in [6.45, 7) is 4.94. The van der Waals surface area contributed by atoms with Crippen LogP contribution in [0.3, 0.4) is 0 Å². The molecule has 1 saturated heterocycles. The molecule has 7 nitrogen and oxygen atoms in total. The molecule has 22 heavy (non-hydrogen) atoms. The van der Waals surface area contributed by atoms with Crippen LogP contribution < -0.4 is 0 Å². The molecule has 1 aliphatic heterocycles. The van der Waals surface area contributed by atoms with Gasteiger partial charge >= 0.3 is 5.97 Å². The highest BCUT2D eigenvalue weighted by molar-refractivity contribution is 7.19. The van der Waals surface area contributed by atoms with Gasteiger partial charge in [-0.05, 0) is 26.7 Å². The van der Waals surface area contributed by atoms with Crippen molar-refractivity contribution in [3.63, 3.8) is 0 Å². The molecule has 1 fully saturated rings. The van der Waals surface area contributed by atoms with Crippen molar-refractivity contribution >= 4 is 28.2 Å². The molecule has 2 aromatic heterocycles. The number of rotatable bonds is 2. The first-order valence-corrected chi connectivity index (χ1v) is 8.02. The van der Waals surface area contributed by atoms with Crippen molar-refractivity contribution in [1.82, 2.24) is 19.5 Å². The SMILES string of the molecule is COC(=O)C1CCN(C(=O)c2sc3nnc(C)n3c2C)CC1. The van der Waals surface area contributed by atoms with Crippen LogP contribution in [0.2, 0.25) is 0 Å². The lowest BCUT2D eigenvalue weighted by atomic mass is 9.97. The Morgan fingerprint density at radius 3 is 2.50 bits per heavy atom. The van der Waals surface area contributed by atoms with Crippen LogP contribution in [0, 0.1) is 19.8 Å². The molecule has 0 saturated carbocycles. The molecule has 0 bridgehead atoms. The van der Waals surface area contributed by atoms with Crippen molar-refractivity contribution in [1.29, 1.82) is 0 Å². The van der Waals surface area contributed by atoms with E-state index in [-0.39, 0.29) is 17.8 Å². The zero-order valence-corrected chi connectivity index (χ0v) is 13.6. The van der Waals surface area contributed by atoms with Crippen LogP contribution in [0.5, 0.6) is 0 Å². The first-order chi connectivity index (χ1) is 10.5. The van der Waals surface area contributed by atoms with Crippen molar-refractivity contribution in [2.45, 2.75) is 26.7 Å². The van der Waals surface area contributed by atoms with Gasteiger partial charge < -0.3 is 9.64 Å². The minimum Gasteiger partial charge on any atom is -0.469 e. The van der Waals surface area contributed by atoms with Gasteiger partial charge in [0.25, 0.3) is 5.91 Å². The van der Waals surface area contributed by atoms with E-state index in [0.717, 1.165) is 16.5 Å². The second kappa shape index (κ2) is 5.68. The molecule has 2 aromatic rings. The fourth-order valence-corrected chi connectivity index (χ4v) is 3.97. The van der Waals surface area contributed by atoms with Gasteiger partial charge in [0, 0.05) is 18.8 Å². The second-order valence-electron chi connectivity index (χ2n) is 5.47. The van der Waals surface area contributed by atoms with Gasteiger partial charge in [0.2, 0.25) is 4.96 Å². The maximum absolute atomic E-state index is 12.7. The molecule has 3 heterocycles. The number of aromatic nitrogens is 3. The van der Waals surface area contributed by atoms with Gasteiger partial charge in [-0.1, -0.05) is 11.3 Å². The van der Waals surface area contributed by atoms with Crippen molar-refractivity contribution in [2.24, 2.45) is 5.92 Å². The summed E-state index contributed by atoms with van der Waals surface area (Å²) in [5, 5.41) is 8.09. The van der Waals surface area contributed by atoms with Gasteiger partial charge in [0.15, 0.2) is 0 Å². The number of carbonyl (C=O) groups excluding carboxylic acids is 2. The Morgan fingerprint density at radius 2 is 1.91 bits per heavy atom. The molecule has 0 atom stereocenters. The lowest BCUT2D eigenvalue weighted by Crippen LogP contribution is -2.40. The summed E-state index contributed by atoms with van der Waals surface area (Å²) < 4.78 is 6.67. The number of amides is 1. The number of fused-ring (bicyclic) bond motifs is 1. The molecule has 0 unspecified atom stereocenters. The van der Waals surface area contributed by atoms with Crippen LogP contribution in [0.1, 0.15) is 34.0 Å². The highest BCUT2D eigenvalue weighted by Crippen LogP contribution is 2.26. The quantitative estimate of drug-likeness (QED) is 0.782. The van der Waals surface area contributed by atoms with Crippen LogP contribution in [0.15, 0.2) is 0 Å². The van der Waals surface area contributed by atoms with E-state index < -0.39 is 0 Å². The number of likely N-dealkylation sites (tertiary alicyclic amines) is 1. The molecule has 0 aromatic carbocycles. The van der Waals surface area contributed by atoms with E-state index >= 15 is 0 Å². The monoisotopic (exact) mass is 322 g/mol. The molecule has 1 amide bonds. The van der Waals surface area contributed by atoms with E-state index in [1.165, 1.54) is 18.4 Å². The van der Waals surface area contributed by atoms with Gasteiger partial charge in [0.1, 0.15) is 10.7 Å². The summed E-state index contributed by atoms with van der Waals surface area (Å²) in [6.07, 6.45) is 1.31. The van der Waals surface area contributed by atoms with Gasteiger partial charge in [-0.3, -0.25) is 14.0 Å². The average Bonchev–Trinajstić information content (AvgIpc) is 3.07. The topological polar surface area (TPSA) is 76.8 Å². The fraction of sp³-hybridized carbons (Fsp3) is 0.571. The third-order valence-corrected chi connectivity index (χ3v) is 5.28. The number of nitrogens with zero attached hydrogens (tertiary/aromatic N) is 4. The fourth-order valence-electron chi connectivity index (χ4n) is 2.89. The molecular formula is C14H18N4O3S. The van der Waals surface area contributed by atoms with E-state index in [4.69, 9.17) is 4.74 Å². The van der Waals surface area contributed by atoms with Gasteiger partial charge in [-0.25, -0.2) is 0 Å². The smallest absolute Gasteiger partial charge is 0.308 e. The lowest BCUT2D eigenvalue weighted by Gasteiger charge is -2.30. The first-order valence-electron chi connectivity index (χ1n) is 7.21. The largest absolute Gasteiger partial charge is 0.469 e. The third kappa shape index (κ3) is 2.37. The molecule has 0 spiro atoms. The summed E-state index contributed by atoms with van der Waals surface area (Å²) in [5.74, 6) is 0.518. The van der Waals surface area contributed by atoms with Crippen molar-refractivity contribution in [3.05, 3.63) is 16.4 Å². The highest BCUT2D eigenvalue weighted by Gasteiger charge is 2.30. The maximum atomic E-state index is 12.7. The minimum atomic E-state index is -0.181. The number of thiazole rings is 1. The molecule has 3 rings (SSSR count). The number of carbonyl (C=O) groups is 2. The number of hydrogen-bond donors (Lipinski definition) is 0. The Morgan fingerprint density at radius 1 is 1.23 bits per heavy atom. The number of aryl methyl sites for hydroxylation is 2. The Hall–Kier alpha value is -1.96. The zero-order chi connectivity index (χ0) is 15.9. The summed E-state index contributed by atoms with van der Waals surface area (Å²) in [7, 11) is 1.40. The van der Waals surface area contributed by atoms with Crippen molar-refractivity contribution < 1.29 is 14.3 Å². The van der Waals surface area contributed by atoms with Crippen LogP contribution in [-0.2, 0) is 9.53 Å². The molecule has 8 heteroatoms. The average molecular weight is 322 g/mol. The summed E-state index contributed by atoms with van der Waals surface area (Å²) in [5.41, 5.74) is 0.877. The van der Waals surface area contributed by atoms with Gasteiger partial charge in [-0.15, -0.1) is 10.2 Å². The highest BCUT2D eigenvalue weighted by atomic mass is 32.1.